The lowest BCUT2D eigenvalue weighted by Crippen LogP contribution is -2.07. The lowest BCUT2D eigenvalue weighted by atomic mass is 10.2. The van der Waals surface area contributed by atoms with E-state index in [1.54, 1.807) is 18.2 Å². The highest BCUT2D eigenvalue weighted by atomic mass is 32.2. The van der Waals surface area contributed by atoms with Crippen LogP contribution in [0.5, 0.6) is 0 Å². The zero-order chi connectivity index (χ0) is 12.6. The molecule has 96 valence electrons. The summed E-state index contributed by atoms with van der Waals surface area (Å²) in [6.45, 7) is 0.922. The van der Waals surface area contributed by atoms with E-state index in [1.807, 2.05) is 0 Å². The minimum atomic E-state index is -3.58. The molecule has 0 spiro atoms. The zero-order valence-electron chi connectivity index (χ0n) is 9.84. The Labute approximate surface area is 103 Å². The van der Waals surface area contributed by atoms with Crippen LogP contribution in [0.3, 0.4) is 0 Å². The van der Waals surface area contributed by atoms with E-state index in [-0.39, 0.29) is 11.5 Å². The minimum Gasteiger partial charge on any atom is -0.330 e. The second-order valence-corrected chi connectivity index (χ2v) is 5.41. The van der Waals surface area contributed by atoms with Gasteiger partial charge >= 0.3 is 0 Å². The monoisotopic (exact) mass is 257 g/mol. The van der Waals surface area contributed by atoms with Crippen LogP contribution in [0.25, 0.3) is 0 Å². The van der Waals surface area contributed by atoms with Crippen molar-refractivity contribution in [3.05, 3.63) is 30.3 Å². The van der Waals surface area contributed by atoms with Crippen molar-refractivity contribution in [1.82, 2.24) is 0 Å². The van der Waals surface area contributed by atoms with Gasteiger partial charge in [-0.2, -0.15) is 8.42 Å². The molecule has 1 aromatic carbocycles. The molecule has 1 rings (SSSR count). The summed E-state index contributed by atoms with van der Waals surface area (Å²) in [6.07, 6.45) is 3.68. The molecule has 1 aromatic rings. The molecular weight excluding hydrogens is 238 g/mol. The SMILES string of the molecule is NCCCCCCOS(=O)(=O)c1ccccc1. The van der Waals surface area contributed by atoms with E-state index in [0.717, 1.165) is 25.7 Å². The number of unbranched alkanes of at least 4 members (excludes halogenated alkanes) is 3. The molecule has 0 saturated carbocycles. The predicted octanol–water partition coefficient (Wildman–Crippen LogP) is 1.91. The van der Waals surface area contributed by atoms with E-state index in [4.69, 9.17) is 9.92 Å². The first kappa shape index (κ1) is 14.2. The van der Waals surface area contributed by atoms with E-state index in [0.29, 0.717) is 6.54 Å². The van der Waals surface area contributed by atoms with E-state index < -0.39 is 10.1 Å². The Kier molecular flexibility index (Phi) is 6.18. The normalized spacial score (nSPS) is 11.6. The van der Waals surface area contributed by atoms with Crippen molar-refractivity contribution in [3.8, 4) is 0 Å². The van der Waals surface area contributed by atoms with Crippen LogP contribution < -0.4 is 5.73 Å². The van der Waals surface area contributed by atoms with Gasteiger partial charge in [0.15, 0.2) is 0 Å². The van der Waals surface area contributed by atoms with Gasteiger partial charge in [-0.3, -0.25) is 4.18 Å². The second-order valence-electron chi connectivity index (χ2n) is 3.79. The van der Waals surface area contributed by atoms with Gasteiger partial charge in [0.25, 0.3) is 10.1 Å². The molecule has 0 aliphatic carbocycles. The molecule has 0 bridgehead atoms. The third kappa shape index (κ3) is 5.30. The molecule has 0 fully saturated rings. The Morgan fingerprint density at radius 1 is 1.00 bits per heavy atom. The highest BCUT2D eigenvalue weighted by Crippen LogP contribution is 2.12. The molecule has 0 saturated heterocycles. The van der Waals surface area contributed by atoms with Crippen LogP contribution in [0.1, 0.15) is 25.7 Å². The average Bonchev–Trinajstić information content (AvgIpc) is 2.35. The Bertz CT molecular complexity index is 403. The Morgan fingerprint density at radius 2 is 1.65 bits per heavy atom. The summed E-state index contributed by atoms with van der Waals surface area (Å²) in [7, 11) is -3.58. The molecule has 0 amide bonds. The molecular formula is C12H19NO3S. The fourth-order valence-electron chi connectivity index (χ4n) is 1.42. The van der Waals surface area contributed by atoms with Crippen molar-refractivity contribution in [3.63, 3.8) is 0 Å². The van der Waals surface area contributed by atoms with Gasteiger partial charge in [-0.15, -0.1) is 0 Å². The maximum absolute atomic E-state index is 11.7. The van der Waals surface area contributed by atoms with Crippen LogP contribution >= 0.6 is 0 Å². The first-order valence-corrected chi connectivity index (χ1v) is 7.22. The smallest absolute Gasteiger partial charge is 0.296 e. The van der Waals surface area contributed by atoms with Crippen molar-refractivity contribution in [2.45, 2.75) is 30.6 Å². The largest absolute Gasteiger partial charge is 0.330 e. The standard InChI is InChI=1S/C12H19NO3S/c13-10-6-1-2-7-11-16-17(14,15)12-8-4-3-5-9-12/h3-5,8-9H,1-2,6-7,10-11,13H2. The third-order valence-electron chi connectivity index (χ3n) is 2.37. The van der Waals surface area contributed by atoms with Crippen molar-refractivity contribution in [1.29, 1.82) is 0 Å². The maximum atomic E-state index is 11.7. The number of hydrogen-bond donors (Lipinski definition) is 1. The highest BCUT2D eigenvalue weighted by molar-refractivity contribution is 7.86. The van der Waals surface area contributed by atoms with Gasteiger partial charge in [-0.05, 0) is 31.5 Å². The quantitative estimate of drug-likeness (QED) is 0.570. The first-order valence-electron chi connectivity index (χ1n) is 5.81. The summed E-state index contributed by atoms with van der Waals surface area (Å²) in [5.41, 5.74) is 5.36. The molecule has 0 heterocycles. The molecule has 2 N–H and O–H groups in total. The fraction of sp³-hybridized carbons (Fsp3) is 0.500. The summed E-state index contributed by atoms with van der Waals surface area (Å²) >= 11 is 0. The van der Waals surface area contributed by atoms with Crippen LogP contribution in [0.4, 0.5) is 0 Å². The summed E-state index contributed by atoms with van der Waals surface area (Å²) in [5.74, 6) is 0. The van der Waals surface area contributed by atoms with E-state index in [1.165, 1.54) is 12.1 Å². The highest BCUT2D eigenvalue weighted by Gasteiger charge is 2.13. The number of benzene rings is 1. The summed E-state index contributed by atoms with van der Waals surface area (Å²) in [4.78, 5) is 0.210. The van der Waals surface area contributed by atoms with E-state index in [2.05, 4.69) is 0 Å². The molecule has 0 aliphatic heterocycles. The lowest BCUT2D eigenvalue weighted by molar-refractivity contribution is 0.306. The third-order valence-corrected chi connectivity index (χ3v) is 3.70. The van der Waals surface area contributed by atoms with Crippen molar-refractivity contribution in [2.24, 2.45) is 5.73 Å². The fourth-order valence-corrected chi connectivity index (χ4v) is 2.39. The van der Waals surface area contributed by atoms with Crippen LogP contribution in [-0.4, -0.2) is 21.6 Å². The summed E-state index contributed by atoms with van der Waals surface area (Å²) in [5, 5.41) is 0. The van der Waals surface area contributed by atoms with Gasteiger partial charge in [0, 0.05) is 0 Å². The summed E-state index contributed by atoms with van der Waals surface area (Å²) in [6, 6.07) is 8.19. The van der Waals surface area contributed by atoms with Crippen molar-refractivity contribution >= 4 is 10.1 Å². The first-order chi connectivity index (χ1) is 8.17. The van der Waals surface area contributed by atoms with Crippen molar-refractivity contribution in [2.75, 3.05) is 13.2 Å². The molecule has 0 atom stereocenters. The number of hydrogen-bond acceptors (Lipinski definition) is 4. The number of nitrogens with two attached hydrogens (primary N) is 1. The van der Waals surface area contributed by atoms with Gasteiger partial charge in [-0.1, -0.05) is 31.0 Å². The predicted molar refractivity (Wildman–Crippen MR) is 67.1 cm³/mol. The Morgan fingerprint density at radius 3 is 2.29 bits per heavy atom. The molecule has 17 heavy (non-hydrogen) atoms. The van der Waals surface area contributed by atoms with Gasteiger partial charge < -0.3 is 5.73 Å². The van der Waals surface area contributed by atoms with Crippen LogP contribution in [0.15, 0.2) is 35.2 Å². The summed E-state index contributed by atoms with van der Waals surface area (Å²) < 4.78 is 28.3. The second kappa shape index (κ2) is 7.42. The molecule has 0 radical (unpaired) electrons. The maximum Gasteiger partial charge on any atom is 0.296 e. The van der Waals surface area contributed by atoms with E-state index in [9.17, 15) is 8.42 Å². The zero-order valence-corrected chi connectivity index (χ0v) is 10.7. The van der Waals surface area contributed by atoms with Crippen LogP contribution in [0.2, 0.25) is 0 Å². The van der Waals surface area contributed by atoms with Crippen LogP contribution in [0, 0.1) is 0 Å². The minimum absolute atomic E-state index is 0.210. The lowest BCUT2D eigenvalue weighted by Gasteiger charge is -2.05. The molecule has 5 heteroatoms. The van der Waals surface area contributed by atoms with Crippen molar-refractivity contribution < 1.29 is 12.6 Å². The van der Waals surface area contributed by atoms with Gasteiger partial charge in [0.05, 0.1) is 11.5 Å². The van der Waals surface area contributed by atoms with Crippen LogP contribution in [-0.2, 0) is 14.3 Å². The van der Waals surface area contributed by atoms with Gasteiger partial charge in [0.2, 0.25) is 0 Å². The molecule has 0 aliphatic rings. The average molecular weight is 257 g/mol. The van der Waals surface area contributed by atoms with Gasteiger partial charge in [-0.25, -0.2) is 0 Å². The Hall–Kier alpha value is -0.910. The molecule has 4 nitrogen and oxygen atoms in total. The topological polar surface area (TPSA) is 69.4 Å². The molecule has 0 aromatic heterocycles. The Balaban J connectivity index is 2.31. The number of rotatable bonds is 8. The molecule has 0 unspecified atom stereocenters. The van der Waals surface area contributed by atoms with E-state index >= 15 is 0 Å². The van der Waals surface area contributed by atoms with Gasteiger partial charge in [0.1, 0.15) is 0 Å².